The monoisotopic (exact) mass is 429 g/mol. The molecule has 3 aromatic rings. The second-order valence-corrected chi connectivity index (χ2v) is 6.86. The van der Waals surface area contributed by atoms with Gasteiger partial charge in [-0.15, -0.1) is 0 Å². The molecule has 5 nitrogen and oxygen atoms in total. The van der Waals surface area contributed by atoms with Gasteiger partial charge in [-0.05, 0) is 42.5 Å². The van der Waals surface area contributed by atoms with Crippen LogP contribution in [-0.2, 0) is 11.3 Å². The number of anilines is 1. The van der Waals surface area contributed by atoms with E-state index in [2.05, 4.69) is 10.1 Å². The zero-order valence-electron chi connectivity index (χ0n) is 15.4. The maximum absolute atomic E-state index is 12.6. The van der Waals surface area contributed by atoms with E-state index in [1.807, 2.05) is 18.2 Å². The van der Waals surface area contributed by atoms with Crippen molar-refractivity contribution < 1.29 is 19.1 Å². The minimum atomic E-state index is -0.582. The Bertz CT molecular complexity index is 1050. The number of hydrogen-bond acceptors (Lipinski definition) is 4. The van der Waals surface area contributed by atoms with Crippen molar-refractivity contribution in [1.82, 2.24) is 0 Å². The molecule has 29 heavy (non-hydrogen) atoms. The topological polar surface area (TPSA) is 64.6 Å². The van der Waals surface area contributed by atoms with Gasteiger partial charge in [0, 0.05) is 21.8 Å². The first-order valence-electron chi connectivity index (χ1n) is 8.63. The fraction of sp³-hybridized carbons (Fsp3) is 0.0909. The van der Waals surface area contributed by atoms with E-state index in [0.717, 1.165) is 5.56 Å². The summed E-state index contributed by atoms with van der Waals surface area (Å²) in [5.41, 5.74) is 1.84. The lowest BCUT2D eigenvalue weighted by atomic mass is 10.1. The molecule has 0 saturated carbocycles. The standard InChI is InChI=1S/C22H17Cl2NO4/c1-28-22(27)18-12-16(9-10-20(18)24)25-21(26)14-6-4-7-17(11-14)29-13-15-5-2-3-8-19(15)23/h2-12H,13H2,1H3,(H,25,26). The predicted octanol–water partition coefficient (Wildman–Crippen LogP) is 5.61. The normalized spacial score (nSPS) is 10.3. The van der Waals surface area contributed by atoms with Gasteiger partial charge in [0.25, 0.3) is 5.91 Å². The lowest BCUT2D eigenvalue weighted by Crippen LogP contribution is -2.13. The summed E-state index contributed by atoms with van der Waals surface area (Å²) in [4.78, 5) is 24.3. The maximum Gasteiger partial charge on any atom is 0.339 e. The highest BCUT2D eigenvalue weighted by atomic mass is 35.5. The van der Waals surface area contributed by atoms with Crippen molar-refractivity contribution in [3.63, 3.8) is 0 Å². The Morgan fingerprint density at radius 3 is 2.48 bits per heavy atom. The van der Waals surface area contributed by atoms with Gasteiger partial charge in [0.15, 0.2) is 0 Å². The highest BCUT2D eigenvalue weighted by Crippen LogP contribution is 2.23. The number of benzene rings is 3. The molecule has 0 fully saturated rings. The summed E-state index contributed by atoms with van der Waals surface area (Å²) in [6.07, 6.45) is 0. The molecule has 1 N–H and O–H groups in total. The molecular formula is C22H17Cl2NO4. The van der Waals surface area contributed by atoms with Crippen LogP contribution in [0.25, 0.3) is 0 Å². The molecule has 0 saturated heterocycles. The Morgan fingerprint density at radius 2 is 1.72 bits per heavy atom. The summed E-state index contributed by atoms with van der Waals surface area (Å²) in [5.74, 6) is -0.406. The molecular weight excluding hydrogens is 413 g/mol. The third-order valence-corrected chi connectivity index (χ3v) is 4.78. The van der Waals surface area contributed by atoms with E-state index in [0.29, 0.717) is 22.0 Å². The molecule has 0 aliphatic carbocycles. The van der Waals surface area contributed by atoms with E-state index < -0.39 is 5.97 Å². The highest BCUT2D eigenvalue weighted by molar-refractivity contribution is 6.33. The average molecular weight is 430 g/mol. The van der Waals surface area contributed by atoms with Crippen LogP contribution in [0.5, 0.6) is 5.75 Å². The molecule has 3 rings (SSSR count). The van der Waals surface area contributed by atoms with Crippen LogP contribution in [0.4, 0.5) is 5.69 Å². The molecule has 0 aliphatic rings. The van der Waals surface area contributed by atoms with Crippen molar-refractivity contribution in [2.45, 2.75) is 6.61 Å². The number of halogens is 2. The Kier molecular flexibility index (Phi) is 6.75. The first-order valence-corrected chi connectivity index (χ1v) is 9.39. The first kappa shape index (κ1) is 20.7. The SMILES string of the molecule is COC(=O)c1cc(NC(=O)c2cccc(OCc3ccccc3Cl)c2)ccc1Cl. The van der Waals surface area contributed by atoms with Crippen LogP contribution < -0.4 is 10.1 Å². The molecule has 7 heteroatoms. The van der Waals surface area contributed by atoms with Crippen molar-refractivity contribution in [3.8, 4) is 5.75 Å². The minimum absolute atomic E-state index is 0.170. The number of esters is 1. The molecule has 148 valence electrons. The van der Waals surface area contributed by atoms with Crippen molar-refractivity contribution in [1.29, 1.82) is 0 Å². The van der Waals surface area contributed by atoms with Gasteiger partial charge in [0.2, 0.25) is 0 Å². The van der Waals surface area contributed by atoms with Crippen molar-refractivity contribution in [2.24, 2.45) is 0 Å². The Hall–Kier alpha value is -3.02. The molecule has 3 aromatic carbocycles. The molecule has 0 unspecified atom stereocenters. The largest absolute Gasteiger partial charge is 0.489 e. The average Bonchev–Trinajstić information content (AvgIpc) is 2.74. The van der Waals surface area contributed by atoms with Crippen LogP contribution in [0.15, 0.2) is 66.7 Å². The van der Waals surface area contributed by atoms with Crippen LogP contribution in [0, 0.1) is 0 Å². The molecule has 0 aliphatic heterocycles. The quantitative estimate of drug-likeness (QED) is 0.517. The van der Waals surface area contributed by atoms with E-state index >= 15 is 0 Å². The zero-order valence-corrected chi connectivity index (χ0v) is 17.0. The summed E-state index contributed by atoms with van der Waals surface area (Å²) >= 11 is 12.1. The first-order chi connectivity index (χ1) is 14.0. The van der Waals surface area contributed by atoms with Gasteiger partial charge >= 0.3 is 5.97 Å². The Balaban J connectivity index is 1.71. The summed E-state index contributed by atoms with van der Waals surface area (Å²) in [5, 5.41) is 3.59. The fourth-order valence-electron chi connectivity index (χ4n) is 2.58. The molecule has 0 atom stereocenters. The summed E-state index contributed by atoms with van der Waals surface area (Å²) in [7, 11) is 1.26. The van der Waals surface area contributed by atoms with Crippen LogP contribution >= 0.6 is 23.2 Å². The summed E-state index contributed by atoms with van der Waals surface area (Å²) in [6, 6.07) is 18.7. The third-order valence-electron chi connectivity index (χ3n) is 4.08. The van der Waals surface area contributed by atoms with E-state index in [-0.39, 0.29) is 23.1 Å². The highest BCUT2D eigenvalue weighted by Gasteiger charge is 2.14. The van der Waals surface area contributed by atoms with Gasteiger partial charge in [-0.1, -0.05) is 47.5 Å². The number of hydrogen-bond donors (Lipinski definition) is 1. The second-order valence-electron chi connectivity index (χ2n) is 6.05. The van der Waals surface area contributed by atoms with Crippen molar-refractivity contribution in [2.75, 3.05) is 12.4 Å². The zero-order chi connectivity index (χ0) is 20.8. The van der Waals surface area contributed by atoms with E-state index in [9.17, 15) is 9.59 Å². The lowest BCUT2D eigenvalue weighted by molar-refractivity contribution is 0.0600. The maximum atomic E-state index is 12.6. The van der Waals surface area contributed by atoms with Gasteiger partial charge in [-0.3, -0.25) is 4.79 Å². The van der Waals surface area contributed by atoms with Crippen LogP contribution in [-0.4, -0.2) is 19.0 Å². The van der Waals surface area contributed by atoms with Gasteiger partial charge in [0.1, 0.15) is 12.4 Å². The van der Waals surface area contributed by atoms with Crippen LogP contribution in [0.3, 0.4) is 0 Å². The van der Waals surface area contributed by atoms with Gasteiger partial charge in [-0.25, -0.2) is 4.79 Å². The fourth-order valence-corrected chi connectivity index (χ4v) is 2.96. The predicted molar refractivity (Wildman–Crippen MR) is 113 cm³/mol. The van der Waals surface area contributed by atoms with Gasteiger partial charge < -0.3 is 14.8 Å². The number of methoxy groups -OCH3 is 1. The Labute approximate surface area is 178 Å². The minimum Gasteiger partial charge on any atom is -0.489 e. The van der Waals surface area contributed by atoms with Crippen molar-refractivity contribution in [3.05, 3.63) is 93.5 Å². The smallest absolute Gasteiger partial charge is 0.339 e. The van der Waals surface area contributed by atoms with Crippen molar-refractivity contribution >= 4 is 40.8 Å². The lowest BCUT2D eigenvalue weighted by Gasteiger charge is -2.10. The van der Waals surface area contributed by atoms with E-state index in [1.54, 1.807) is 36.4 Å². The molecule has 0 radical (unpaired) electrons. The number of amides is 1. The van der Waals surface area contributed by atoms with Gasteiger partial charge in [-0.2, -0.15) is 0 Å². The second kappa shape index (κ2) is 9.45. The Morgan fingerprint density at radius 1 is 0.931 bits per heavy atom. The van der Waals surface area contributed by atoms with E-state index in [1.165, 1.54) is 19.2 Å². The van der Waals surface area contributed by atoms with Gasteiger partial charge in [0.05, 0.1) is 17.7 Å². The molecule has 0 heterocycles. The number of carbonyl (C=O) groups excluding carboxylic acids is 2. The molecule has 0 bridgehead atoms. The summed E-state index contributed by atoms with van der Waals surface area (Å²) < 4.78 is 10.4. The number of rotatable bonds is 6. The molecule has 0 aromatic heterocycles. The summed E-state index contributed by atoms with van der Waals surface area (Å²) in [6.45, 7) is 0.282. The number of nitrogens with one attached hydrogen (secondary N) is 1. The van der Waals surface area contributed by atoms with Crippen LogP contribution in [0.1, 0.15) is 26.3 Å². The van der Waals surface area contributed by atoms with Crippen LogP contribution in [0.2, 0.25) is 10.0 Å². The number of carbonyl (C=O) groups is 2. The number of ether oxygens (including phenoxy) is 2. The van der Waals surface area contributed by atoms with E-state index in [4.69, 9.17) is 27.9 Å². The third kappa shape index (κ3) is 5.28. The molecule has 1 amide bonds. The molecule has 0 spiro atoms.